The smallest absolute Gasteiger partial charge is 0.0332 e. The number of hydrogen-bond acceptors (Lipinski definition) is 2. The molecular weight excluding hydrogens is 252 g/mol. The number of rotatable bonds is 2. The number of nitrogens with zero attached hydrogens (tertiary/aromatic N) is 2. The van der Waals surface area contributed by atoms with Crippen LogP contribution in [0.25, 0.3) is 0 Å². The molecule has 2 bridgehead atoms. The van der Waals surface area contributed by atoms with Crippen molar-refractivity contribution >= 4 is 16.5 Å². The first-order chi connectivity index (χ1) is 9.06. The van der Waals surface area contributed by atoms with Gasteiger partial charge in [-0.1, -0.05) is 28.7 Å². The summed E-state index contributed by atoms with van der Waals surface area (Å²) in [6.45, 7) is 6.82. The van der Waals surface area contributed by atoms with Crippen molar-refractivity contribution < 1.29 is 0 Å². The number of piperazine rings is 1. The zero-order valence-electron chi connectivity index (χ0n) is 12.2. The zero-order chi connectivity index (χ0) is 13.6. The van der Waals surface area contributed by atoms with Gasteiger partial charge in [0.25, 0.3) is 0 Å². The van der Waals surface area contributed by atoms with Gasteiger partial charge in [-0.3, -0.25) is 0 Å². The summed E-state index contributed by atoms with van der Waals surface area (Å²) in [4.78, 5) is 3.93. The van der Waals surface area contributed by atoms with Gasteiger partial charge < -0.3 is 4.90 Å². The van der Waals surface area contributed by atoms with E-state index in [1.54, 1.807) is 0 Å². The predicted octanol–water partition coefficient (Wildman–Crippen LogP) is 3.06. The molecule has 19 heavy (non-hydrogen) atoms. The summed E-state index contributed by atoms with van der Waals surface area (Å²) in [6.07, 6.45) is 2.69. The van der Waals surface area contributed by atoms with Gasteiger partial charge in [-0.15, -0.1) is 0 Å². The summed E-state index contributed by atoms with van der Waals surface area (Å²) in [5, 5.41) is 0. The number of hydrogen-bond donors (Lipinski definition) is 0. The van der Waals surface area contributed by atoms with E-state index in [2.05, 4.69) is 54.2 Å². The molecule has 0 radical (unpaired) electrons. The first kappa shape index (κ1) is 13.3. The molecule has 1 aromatic rings. The van der Waals surface area contributed by atoms with E-state index < -0.39 is 0 Å². The van der Waals surface area contributed by atoms with Crippen LogP contribution in [0.3, 0.4) is 0 Å². The Morgan fingerprint density at radius 1 is 1.16 bits per heavy atom. The lowest BCUT2D eigenvalue weighted by Gasteiger charge is -2.41. The molecule has 0 saturated carbocycles. The van der Waals surface area contributed by atoms with Gasteiger partial charge in [-0.25, -0.2) is 4.31 Å². The van der Waals surface area contributed by atoms with Crippen LogP contribution in [0.15, 0.2) is 23.1 Å². The molecule has 2 aliphatic rings. The van der Waals surface area contributed by atoms with Crippen LogP contribution in [0.4, 0.5) is 0 Å². The first-order valence-corrected chi connectivity index (χ1v) is 8.49. The van der Waals surface area contributed by atoms with E-state index in [1.165, 1.54) is 42.0 Å². The van der Waals surface area contributed by atoms with Gasteiger partial charge in [0.1, 0.15) is 0 Å². The number of fused-ring (bicyclic) bond motifs is 2. The van der Waals surface area contributed by atoms with Crippen LogP contribution in [0.5, 0.6) is 0 Å². The fraction of sp³-hybridized carbons (Fsp3) is 0.562. The Morgan fingerprint density at radius 3 is 2.42 bits per heavy atom. The second-order valence-corrected chi connectivity index (χ2v) is 7.69. The van der Waals surface area contributed by atoms with Crippen molar-refractivity contribution in [3.8, 4) is 0 Å². The Labute approximate surface area is 119 Å². The molecule has 2 saturated heterocycles. The van der Waals surface area contributed by atoms with E-state index >= 15 is 0 Å². The van der Waals surface area contributed by atoms with Gasteiger partial charge in [0.05, 0.1) is 0 Å². The molecule has 3 atom stereocenters. The summed E-state index contributed by atoms with van der Waals surface area (Å²) < 4.78 is 2.71. The van der Waals surface area contributed by atoms with Gasteiger partial charge in [0.15, 0.2) is 0 Å². The molecule has 0 N–H and O–H groups in total. The molecule has 0 amide bonds. The number of likely N-dealkylation sites (N-methyl/N-ethyl adjacent to an activating group) is 1. The molecule has 1 aromatic carbocycles. The summed E-state index contributed by atoms with van der Waals surface area (Å²) >= 11 is 0. The van der Waals surface area contributed by atoms with Crippen LogP contribution in [-0.4, -0.2) is 47.3 Å². The average molecular weight is 276 g/mol. The van der Waals surface area contributed by atoms with E-state index in [4.69, 9.17) is 0 Å². The van der Waals surface area contributed by atoms with Gasteiger partial charge in [-0.05, 0) is 50.9 Å². The van der Waals surface area contributed by atoms with Crippen molar-refractivity contribution in [2.24, 2.45) is 0 Å². The second-order valence-electron chi connectivity index (χ2n) is 6.10. The third-order valence-electron chi connectivity index (χ3n) is 4.45. The lowest BCUT2D eigenvalue weighted by Crippen LogP contribution is -2.49. The minimum atomic E-state index is 0.00235. The third-order valence-corrected chi connectivity index (χ3v) is 6.50. The second kappa shape index (κ2) is 5.04. The minimum Gasteiger partial charge on any atom is -0.303 e. The van der Waals surface area contributed by atoms with Crippen LogP contribution in [-0.2, 0) is 0 Å². The average Bonchev–Trinajstić information content (AvgIpc) is 2.64. The molecule has 104 valence electrons. The van der Waals surface area contributed by atoms with Crippen molar-refractivity contribution in [3.63, 3.8) is 0 Å². The van der Waals surface area contributed by atoms with Gasteiger partial charge in [-0.2, -0.15) is 0 Å². The van der Waals surface area contributed by atoms with Gasteiger partial charge >= 0.3 is 0 Å². The van der Waals surface area contributed by atoms with E-state index in [0.29, 0.717) is 12.1 Å². The molecule has 0 spiro atoms. The highest BCUT2D eigenvalue weighted by atomic mass is 32.2. The molecule has 0 aromatic heterocycles. The summed E-state index contributed by atoms with van der Waals surface area (Å²) in [6, 6.07) is 8.21. The number of likely N-dealkylation sites (tertiary alicyclic amines) is 1. The summed E-state index contributed by atoms with van der Waals surface area (Å²) in [5.74, 6) is 4.53. The molecule has 2 nitrogen and oxygen atoms in total. The SMILES string of the molecule is C=S(c1cc(C)ccc1C)N1C2CCC1CN(C)C2. The summed E-state index contributed by atoms with van der Waals surface area (Å²) in [5.41, 5.74) is 2.74. The minimum absolute atomic E-state index is 0.00235. The Hall–Kier alpha value is -0.640. The number of aryl methyl sites for hydroxylation is 2. The van der Waals surface area contributed by atoms with E-state index in [-0.39, 0.29) is 10.7 Å². The van der Waals surface area contributed by atoms with Crippen molar-refractivity contribution in [2.45, 2.75) is 43.7 Å². The van der Waals surface area contributed by atoms with Crippen LogP contribution in [0.1, 0.15) is 24.0 Å². The molecule has 3 unspecified atom stereocenters. The Bertz CT molecular complexity index is 497. The van der Waals surface area contributed by atoms with Crippen molar-refractivity contribution in [2.75, 3.05) is 20.1 Å². The highest BCUT2D eigenvalue weighted by Crippen LogP contribution is 2.43. The lowest BCUT2D eigenvalue weighted by atomic mass is 10.2. The molecule has 3 heteroatoms. The van der Waals surface area contributed by atoms with Crippen LogP contribution >= 0.6 is 10.7 Å². The largest absolute Gasteiger partial charge is 0.303 e. The molecular formula is C16H24N2S. The van der Waals surface area contributed by atoms with E-state index in [0.717, 1.165) is 0 Å². The first-order valence-electron chi connectivity index (χ1n) is 7.14. The standard InChI is InChI=1S/C16H24N2S/c1-12-5-6-13(2)16(9-12)19(4)18-14-7-8-15(18)11-17(3)10-14/h5-6,9,14-15H,4,7-8,10-11H2,1-3H3. The molecule has 3 rings (SSSR count). The van der Waals surface area contributed by atoms with E-state index in [1.807, 2.05) is 0 Å². The fourth-order valence-corrected chi connectivity index (χ4v) is 5.56. The predicted molar refractivity (Wildman–Crippen MR) is 85.0 cm³/mol. The van der Waals surface area contributed by atoms with Crippen molar-refractivity contribution in [1.29, 1.82) is 0 Å². The monoisotopic (exact) mass is 276 g/mol. The number of benzene rings is 1. The molecule has 2 aliphatic heterocycles. The maximum absolute atomic E-state index is 4.53. The molecule has 2 heterocycles. The third kappa shape index (κ3) is 2.39. The van der Waals surface area contributed by atoms with E-state index in [9.17, 15) is 0 Å². The van der Waals surface area contributed by atoms with Crippen LogP contribution < -0.4 is 0 Å². The van der Waals surface area contributed by atoms with Crippen molar-refractivity contribution in [1.82, 2.24) is 9.21 Å². The topological polar surface area (TPSA) is 6.48 Å². The molecule has 0 aliphatic carbocycles. The Balaban J connectivity index is 1.90. The molecule has 2 fully saturated rings. The maximum atomic E-state index is 4.53. The Morgan fingerprint density at radius 2 is 1.79 bits per heavy atom. The van der Waals surface area contributed by atoms with Gasteiger partial charge in [0, 0.05) is 30.1 Å². The Kier molecular flexibility index (Phi) is 3.54. The van der Waals surface area contributed by atoms with Gasteiger partial charge in [0.2, 0.25) is 0 Å². The summed E-state index contributed by atoms with van der Waals surface area (Å²) in [7, 11) is 2.25. The highest BCUT2D eigenvalue weighted by Gasteiger charge is 2.40. The fourth-order valence-electron chi connectivity index (χ4n) is 3.51. The zero-order valence-corrected chi connectivity index (χ0v) is 13.0. The lowest BCUT2D eigenvalue weighted by molar-refractivity contribution is 0.164. The normalized spacial score (nSPS) is 29.6. The van der Waals surface area contributed by atoms with Crippen LogP contribution in [0, 0.1) is 13.8 Å². The highest BCUT2D eigenvalue weighted by molar-refractivity contribution is 8.12. The van der Waals surface area contributed by atoms with Crippen LogP contribution in [0.2, 0.25) is 0 Å². The maximum Gasteiger partial charge on any atom is 0.0332 e. The van der Waals surface area contributed by atoms with Crippen molar-refractivity contribution in [3.05, 3.63) is 29.3 Å². The quantitative estimate of drug-likeness (QED) is 0.766.